The van der Waals surface area contributed by atoms with Gasteiger partial charge < -0.3 is 5.32 Å². The Labute approximate surface area is 107 Å². The molecule has 5 heteroatoms. The van der Waals surface area contributed by atoms with Crippen molar-refractivity contribution in [3.8, 4) is 0 Å². The second kappa shape index (κ2) is 5.73. The zero-order chi connectivity index (χ0) is 11.4. The second-order valence-corrected chi connectivity index (χ2v) is 4.88. The molecule has 1 aromatic carbocycles. The fourth-order valence-corrected chi connectivity index (χ4v) is 1.61. The molecule has 0 aliphatic rings. The van der Waals surface area contributed by atoms with Crippen molar-refractivity contribution < 1.29 is 4.79 Å². The van der Waals surface area contributed by atoms with Gasteiger partial charge in [0.1, 0.15) is 0 Å². The van der Waals surface area contributed by atoms with Crippen LogP contribution in [0, 0.1) is 0 Å². The van der Waals surface area contributed by atoms with Crippen LogP contribution in [0.1, 0.15) is 13.3 Å². The van der Waals surface area contributed by atoms with Crippen LogP contribution in [0.4, 0.5) is 5.69 Å². The third kappa shape index (κ3) is 3.37. The van der Waals surface area contributed by atoms with Crippen LogP contribution in [0.15, 0.2) is 18.2 Å². The molecule has 0 heterocycles. The molecule has 2 nitrogen and oxygen atoms in total. The molecule has 0 saturated heterocycles. The lowest BCUT2D eigenvalue weighted by molar-refractivity contribution is -0.115. The Morgan fingerprint density at radius 3 is 2.47 bits per heavy atom. The van der Waals surface area contributed by atoms with Crippen molar-refractivity contribution >= 4 is 50.7 Å². The van der Waals surface area contributed by atoms with Crippen LogP contribution in [-0.4, -0.2) is 10.7 Å². The van der Waals surface area contributed by atoms with Crippen LogP contribution in [0.3, 0.4) is 0 Å². The molecule has 1 N–H and O–H groups in total. The van der Waals surface area contributed by atoms with Crippen LogP contribution < -0.4 is 5.32 Å². The molecule has 1 atom stereocenters. The molecular formula is C10H10BrCl2NO. The number of carbonyl (C=O) groups is 1. The maximum Gasteiger partial charge on any atom is 0.238 e. The molecule has 0 spiro atoms. The molecule has 1 unspecified atom stereocenters. The lowest BCUT2D eigenvalue weighted by Gasteiger charge is -2.11. The highest BCUT2D eigenvalue weighted by atomic mass is 79.9. The van der Waals surface area contributed by atoms with E-state index in [1.165, 1.54) is 0 Å². The van der Waals surface area contributed by atoms with E-state index in [4.69, 9.17) is 23.2 Å². The monoisotopic (exact) mass is 309 g/mol. The molecule has 0 aromatic heterocycles. The summed E-state index contributed by atoms with van der Waals surface area (Å²) in [6.07, 6.45) is 0.702. The molecule has 0 radical (unpaired) electrons. The van der Waals surface area contributed by atoms with E-state index in [1.807, 2.05) is 6.92 Å². The van der Waals surface area contributed by atoms with E-state index in [9.17, 15) is 4.79 Å². The first kappa shape index (κ1) is 12.8. The van der Waals surface area contributed by atoms with Gasteiger partial charge in [0.2, 0.25) is 5.91 Å². The summed E-state index contributed by atoms with van der Waals surface area (Å²) in [4.78, 5) is 11.3. The first-order valence-corrected chi connectivity index (χ1v) is 6.12. The van der Waals surface area contributed by atoms with Gasteiger partial charge in [-0.3, -0.25) is 4.79 Å². The van der Waals surface area contributed by atoms with Gasteiger partial charge in [-0.05, 0) is 18.6 Å². The van der Waals surface area contributed by atoms with Gasteiger partial charge >= 0.3 is 0 Å². The van der Waals surface area contributed by atoms with Crippen molar-refractivity contribution in [1.82, 2.24) is 0 Å². The molecule has 0 saturated carbocycles. The molecular weight excluding hydrogens is 301 g/mol. The molecule has 0 fully saturated rings. The van der Waals surface area contributed by atoms with Crippen LogP contribution in [0.5, 0.6) is 0 Å². The Kier molecular flexibility index (Phi) is 4.90. The Balaban J connectivity index is 2.85. The number of amides is 1. The highest BCUT2D eigenvalue weighted by Crippen LogP contribution is 2.30. The summed E-state index contributed by atoms with van der Waals surface area (Å²) in [6, 6.07) is 5.09. The lowest BCUT2D eigenvalue weighted by Crippen LogP contribution is -2.22. The van der Waals surface area contributed by atoms with E-state index < -0.39 is 0 Å². The third-order valence-electron chi connectivity index (χ3n) is 1.85. The molecule has 1 aromatic rings. The van der Waals surface area contributed by atoms with Crippen molar-refractivity contribution in [3.63, 3.8) is 0 Å². The fourth-order valence-electron chi connectivity index (χ4n) is 1.00. The van der Waals surface area contributed by atoms with E-state index >= 15 is 0 Å². The summed E-state index contributed by atoms with van der Waals surface area (Å²) < 4.78 is 0. The van der Waals surface area contributed by atoms with E-state index in [0.717, 1.165) is 0 Å². The fraction of sp³-hybridized carbons (Fsp3) is 0.300. The first-order chi connectivity index (χ1) is 7.06. The minimum atomic E-state index is -0.232. The Morgan fingerprint density at radius 1 is 1.47 bits per heavy atom. The number of para-hydroxylation sites is 1. The van der Waals surface area contributed by atoms with E-state index in [0.29, 0.717) is 22.2 Å². The van der Waals surface area contributed by atoms with Gasteiger partial charge in [-0.15, -0.1) is 0 Å². The summed E-state index contributed by atoms with van der Waals surface area (Å²) in [5.74, 6) is -0.146. The highest BCUT2D eigenvalue weighted by Gasteiger charge is 2.15. The zero-order valence-corrected chi connectivity index (χ0v) is 11.2. The van der Waals surface area contributed by atoms with Crippen molar-refractivity contribution in [1.29, 1.82) is 0 Å². The summed E-state index contributed by atoms with van der Waals surface area (Å²) in [7, 11) is 0. The van der Waals surface area contributed by atoms with Gasteiger partial charge in [0.15, 0.2) is 0 Å². The topological polar surface area (TPSA) is 29.1 Å². The van der Waals surface area contributed by atoms with Crippen molar-refractivity contribution in [3.05, 3.63) is 28.2 Å². The summed E-state index contributed by atoms with van der Waals surface area (Å²) in [5, 5.41) is 3.55. The SMILES string of the molecule is CCC(Br)C(=O)Nc1c(Cl)cccc1Cl. The smallest absolute Gasteiger partial charge is 0.238 e. The zero-order valence-electron chi connectivity index (χ0n) is 8.06. The Morgan fingerprint density at radius 2 is 2.00 bits per heavy atom. The largest absolute Gasteiger partial charge is 0.323 e. The average Bonchev–Trinajstić information content (AvgIpc) is 2.22. The lowest BCUT2D eigenvalue weighted by atomic mass is 10.3. The van der Waals surface area contributed by atoms with Crippen LogP contribution in [0.25, 0.3) is 0 Å². The Bertz CT molecular complexity index is 350. The van der Waals surface area contributed by atoms with Gasteiger partial charge in [-0.1, -0.05) is 52.1 Å². The van der Waals surface area contributed by atoms with Gasteiger partial charge in [0.25, 0.3) is 0 Å². The summed E-state index contributed by atoms with van der Waals surface area (Å²) in [5.41, 5.74) is 0.462. The van der Waals surface area contributed by atoms with E-state index in [2.05, 4.69) is 21.2 Å². The number of rotatable bonds is 3. The van der Waals surface area contributed by atoms with Gasteiger partial charge in [0, 0.05) is 0 Å². The number of anilines is 1. The van der Waals surface area contributed by atoms with Crippen LogP contribution in [0.2, 0.25) is 10.0 Å². The van der Waals surface area contributed by atoms with Gasteiger partial charge in [-0.2, -0.15) is 0 Å². The predicted molar refractivity (Wildman–Crippen MR) is 68.1 cm³/mol. The molecule has 1 rings (SSSR count). The van der Waals surface area contributed by atoms with Gasteiger partial charge in [-0.25, -0.2) is 0 Å². The minimum Gasteiger partial charge on any atom is -0.323 e. The van der Waals surface area contributed by atoms with Crippen molar-refractivity contribution in [2.24, 2.45) is 0 Å². The van der Waals surface area contributed by atoms with Crippen LogP contribution >= 0.6 is 39.1 Å². The molecule has 15 heavy (non-hydrogen) atoms. The minimum absolute atomic E-state index is 0.146. The highest BCUT2D eigenvalue weighted by molar-refractivity contribution is 9.10. The third-order valence-corrected chi connectivity index (χ3v) is 3.55. The van der Waals surface area contributed by atoms with Crippen molar-refractivity contribution in [2.45, 2.75) is 18.2 Å². The number of carbonyl (C=O) groups excluding carboxylic acids is 1. The molecule has 0 aliphatic heterocycles. The number of nitrogens with one attached hydrogen (secondary N) is 1. The van der Waals surface area contributed by atoms with E-state index in [-0.39, 0.29) is 10.7 Å². The number of benzene rings is 1. The summed E-state index contributed by atoms with van der Waals surface area (Å²) >= 11 is 15.1. The molecule has 1 amide bonds. The average molecular weight is 311 g/mol. The number of halogens is 3. The number of hydrogen-bond donors (Lipinski definition) is 1. The molecule has 0 bridgehead atoms. The van der Waals surface area contributed by atoms with E-state index in [1.54, 1.807) is 18.2 Å². The predicted octanol–water partition coefficient (Wildman–Crippen LogP) is 4.11. The second-order valence-electron chi connectivity index (χ2n) is 2.96. The van der Waals surface area contributed by atoms with Crippen molar-refractivity contribution in [2.75, 3.05) is 5.32 Å². The standard InChI is InChI=1S/C10H10BrCl2NO/c1-2-6(11)10(15)14-9-7(12)4-3-5-8(9)13/h3-6H,2H2,1H3,(H,14,15). The van der Waals surface area contributed by atoms with Crippen LogP contribution in [-0.2, 0) is 4.79 Å². The number of hydrogen-bond acceptors (Lipinski definition) is 1. The summed E-state index contributed by atoms with van der Waals surface area (Å²) in [6.45, 7) is 1.91. The maximum atomic E-state index is 11.6. The quantitative estimate of drug-likeness (QED) is 0.837. The Hall–Kier alpha value is -0.250. The molecule has 82 valence electrons. The number of alkyl halides is 1. The maximum absolute atomic E-state index is 11.6. The normalized spacial score (nSPS) is 12.3. The van der Waals surface area contributed by atoms with Gasteiger partial charge in [0.05, 0.1) is 20.6 Å². The first-order valence-electron chi connectivity index (χ1n) is 4.45. The molecule has 0 aliphatic carbocycles.